The molecule has 1 atom stereocenters. The van der Waals surface area contributed by atoms with Crippen LogP contribution in [0.2, 0.25) is 0 Å². The average molecular weight is 369 g/mol. The number of carbonyl (C=O) groups is 1. The van der Waals surface area contributed by atoms with Crippen molar-refractivity contribution in [2.45, 2.75) is 19.1 Å². The van der Waals surface area contributed by atoms with Crippen LogP contribution in [0.3, 0.4) is 0 Å². The molecule has 1 aromatic rings. The Morgan fingerprint density at radius 3 is 2.77 bits per heavy atom. The molecule has 0 saturated heterocycles. The molecule has 140 valence electrons. The molecule has 1 unspecified atom stereocenters. The van der Waals surface area contributed by atoms with Crippen molar-refractivity contribution in [3.63, 3.8) is 0 Å². The Kier molecular flexibility index (Phi) is 5.66. The number of hydrogen-bond donors (Lipinski definition) is 3. The number of aromatic nitrogens is 1. The highest BCUT2D eigenvalue weighted by Crippen LogP contribution is 2.24. The van der Waals surface area contributed by atoms with Crippen molar-refractivity contribution in [3.05, 3.63) is 47.7 Å². The fourth-order valence-electron chi connectivity index (χ4n) is 2.15. The van der Waals surface area contributed by atoms with Crippen LogP contribution in [0.25, 0.3) is 5.57 Å². The summed E-state index contributed by atoms with van der Waals surface area (Å²) in [5, 5.41) is 11.8. The van der Waals surface area contributed by atoms with E-state index in [4.69, 9.17) is 10.8 Å². The summed E-state index contributed by atoms with van der Waals surface area (Å²) in [6.07, 6.45) is -0.00762. The minimum absolute atomic E-state index is 0.00193. The zero-order valence-corrected chi connectivity index (χ0v) is 14.1. The van der Waals surface area contributed by atoms with Gasteiger partial charge in [0.15, 0.2) is 0 Å². The van der Waals surface area contributed by atoms with Crippen LogP contribution < -0.4 is 11.1 Å². The van der Waals surface area contributed by atoms with Crippen molar-refractivity contribution >= 4 is 17.4 Å². The molecule has 2 rings (SSSR count). The van der Waals surface area contributed by atoms with Gasteiger partial charge in [-0.15, -0.1) is 0 Å². The van der Waals surface area contributed by atoms with E-state index in [-0.39, 0.29) is 5.56 Å². The molecule has 4 N–H and O–H groups in total. The van der Waals surface area contributed by atoms with Crippen LogP contribution in [0.1, 0.15) is 22.8 Å². The first-order valence-corrected chi connectivity index (χ1v) is 7.53. The minimum atomic E-state index is -4.54. The highest BCUT2D eigenvalue weighted by atomic mass is 19.4. The number of carboxylic acid groups (broad SMARTS) is 1. The van der Waals surface area contributed by atoms with Gasteiger partial charge >= 0.3 is 12.1 Å². The maximum atomic E-state index is 12.5. The molecule has 0 bridgehead atoms. The smallest absolute Gasteiger partial charge is 0.407 e. The second-order valence-electron chi connectivity index (χ2n) is 5.68. The Bertz CT molecular complexity index is 786. The lowest BCUT2D eigenvalue weighted by Gasteiger charge is -2.27. The number of carboxylic acids is 1. The number of aliphatic imine (C=N–C) groups is 1. The van der Waals surface area contributed by atoms with E-state index in [1.54, 1.807) is 14.0 Å². The second-order valence-corrected chi connectivity index (χ2v) is 5.68. The number of likely N-dealkylation sites (N-methyl/N-ethyl adjacent to an activating group) is 1. The summed E-state index contributed by atoms with van der Waals surface area (Å²) in [4.78, 5) is 21.2. The summed E-state index contributed by atoms with van der Waals surface area (Å²) in [5.74, 6) is -0.183. The number of nitrogens with two attached hydrogens (primary N) is 1. The van der Waals surface area contributed by atoms with Gasteiger partial charge in [-0.2, -0.15) is 13.2 Å². The molecule has 1 aromatic heterocycles. The third-order valence-electron chi connectivity index (χ3n) is 3.74. The monoisotopic (exact) mass is 369 g/mol. The van der Waals surface area contributed by atoms with Crippen molar-refractivity contribution in [2.24, 2.45) is 10.7 Å². The lowest BCUT2D eigenvalue weighted by molar-refractivity contribution is -0.136. The number of aromatic carboxylic acids is 1. The van der Waals surface area contributed by atoms with Gasteiger partial charge in [-0.25, -0.2) is 9.79 Å². The van der Waals surface area contributed by atoms with Crippen molar-refractivity contribution < 1.29 is 23.1 Å². The van der Waals surface area contributed by atoms with Gasteiger partial charge in [-0.05, 0) is 19.1 Å². The fraction of sp³-hybridized carbons (Fsp3) is 0.312. The third kappa shape index (κ3) is 4.60. The number of halogens is 3. The van der Waals surface area contributed by atoms with Gasteiger partial charge in [0.25, 0.3) is 0 Å². The molecule has 0 aromatic carbocycles. The average Bonchev–Trinajstić information content (AvgIpc) is 2.56. The summed E-state index contributed by atoms with van der Waals surface area (Å²) in [7, 11) is 1.79. The normalized spacial score (nSPS) is 16.7. The zero-order chi connectivity index (χ0) is 19.5. The summed E-state index contributed by atoms with van der Waals surface area (Å²) in [6, 6.07) is -0.672. The summed E-state index contributed by atoms with van der Waals surface area (Å²) < 4.78 is 37.4. The molecular weight excluding hydrogens is 351 g/mol. The van der Waals surface area contributed by atoms with E-state index in [0.29, 0.717) is 29.3 Å². The Morgan fingerprint density at radius 1 is 1.46 bits per heavy atom. The third-order valence-corrected chi connectivity index (χ3v) is 3.74. The van der Waals surface area contributed by atoms with Gasteiger partial charge in [0, 0.05) is 43.3 Å². The zero-order valence-electron chi connectivity index (χ0n) is 14.1. The molecule has 0 saturated carbocycles. The van der Waals surface area contributed by atoms with Gasteiger partial charge in [0.1, 0.15) is 17.7 Å². The van der Waals surface area contributed by atoms with Crippen molar-refractivity contribution in [2.75, 3.05) is 13.6 Å². The first kappa shape index (κ1) is 19.4. The number of pyridine rings is 1. The lowest BCUT2D eigenvalue weighted by Crippen LogP contribution is -2.35. The van der Waals surface area contributed by atoms with E-state index in [9.17, 15) is 18.0 Å². The lowest BCUT2D eigenvalue weighted by atomic mass is 10.0. The number of nitrogens with zero attached hydrogens (tertiary/aromatic N) is 3. The van der Waals surface area contributed by atoms with Crippen molar-refractivity contribution in [1.82, 2.24) is 15.2 Å². The molecule has 0 amide bonds. The molecule has 2 heterocycles. The number of amidine groups is 1. The van der Waals surface area contributed by atoms with Gasteiger partial charge in [-0.1, -0.05) is 0 Å². The van der Waals surface area contributed by atoms with Crippen LogP contribution in [0.4, 0.5) is 13.2 Å². The molecule has 1 aliphatic heterocycles. The molecule has 0 spiro atoms. The Balaban J connectivity index is 2.37. The fourth-order valence-corrected chi connectivity index (χ4v) is 2.15. The molecule has 26 heavy (non-hydrogen) atoms. The van der Waals surface area contributed by atoms with E-state index in [2.05, 4.69) is 15.3 Å². The van der Waals surface area contributed by atoms with E-state index in [1.165, 1.54) is 18.5 Å². The molecule has 10 heteroatoms. The number of alkyl halides is 3. The Morgan fingerprint density at radius 2 is 2.15 bits per heavy atom. The van der Waals surface area contributed by atoms with Crippen LogP contribution in [0.5, 0.6) is 0 Å². The molecule has 0 aliphatic carbocycles. The Hall–Kier alpha value is -2.88. The first-order valence-electron chi connectivity index (χ1n) is 7.53. The van der Waals surface area contributed by atoms with Gasteiger partial charge in [0.2, 0.25) is 0 Å². The highest BCUT2D eigenvalue weighted by Gasteiger charge is 2.34. The molecule has 0 fully saturated rings. The predicted molar refractivity (Wildman–Crippen MR) is 90.2 cm³/mol. The second kappa shape index (κ2) is 7.56. The first-order chi connectivity index (χ1) is 12.1. The summed E-state index contributed by atoms with van der Waals surface area (Å²) in [5.41, 5.74) is 6.13. The van der Waals surface area contributed by atoms with E-state index in [1.807, 2.05) is 4.90 Å². The standard InChI is InChI=1S/C16H18F3N5O2/c1-9-23-14(22-4-3-13(20)16(17,18)19)12(8-24(9)2)10-5-11(15(25)26)7-21-6-10/h3-7,13,22H,8,20H2,1-2H3,(H,25,26)/b4-3-. The highest BCUT2D eigenvalue weighted by molar-refractivity contribution is 5.90. The number of rotatable bonds is 5. The van der Waals surface area contributed by atoms with Crippen LogP contribution in [-0.2, 0) is 0 Å². The SMILES string of the molecule is CC1=NC(N/C=C\C(N)C(F)(F)F)=C(c2cncc(C(=O)O)c2)CN1C. The van der Waals surface area contributed by atoms with E-state index < -0.39 is 18.2 Å². The molecule has 0 radical (unpaired) electrons. The predicted octanol–water partition coefficient (Wildman–Crippen LogP) is 1.81. The van der Waals surface area contributed by atoms with Crippen molar-refractivity contribution in [1.29, 1.82) is 0 Å². The quantitative estimate of drug-likeness (QED) is 0.731. The van der Waals surface area contributed by atoms with Crippen molar-refractivity contribution in [3.8, 4) is 0 Å². The maximum absolute atomic E-state index is 12.5. The number of hydrogen-bond acceptors (Lipinski definition) is 6. The van der Waals surface area contributed by atoms with Crippen LogP contribution >= 0.6 is 0 Å². The Labute approximate surface area is 147 Å². The summed E-state index contributed by atoms with van der Waals surface area (Å²) in [6.45, 7) is 2.12. The van der Waals surface area contributed by atoms with E-state index >= 15 is 0 Å². The van der Waals surface area contributed by atoms with Gasteiger partial charge in [-0.3, -0.25) is 4.98 Å². The maximum Gasteiger partial charge on any atom is 0.407 e. The van der Waals surface area contributed by atoms with E-state index in [0.717, 1.165) is 12.3 Å². The topological polar surface area (TPSA) is 104 Å². The van der Waals surface area contributed by atoms with Gasteiger partial charge < -0.3 is 21.1 Å². The van der Waals surface area contributed by atoms with Gasteiger partial charge in [0.05, 0.1) is 5.56 Å². The molecular formula is C16H18F3N5O2. The van der Waals surface area contributed by atoms with Crippen LogP contribution in [-0.4, -0.2) is 52.6 Å². The number of nitrogens with one attached hydrogen (secondary N) is 1. The van der Waals surface area contributed by atoms with Crippen LogP contribution in [0.15, 0.2) is 41.5 Å². The molecule has 1 aliphatic rings. The van der Waals surface area contributed by atoms with Crippen LogP contribution in [0, 0.1) is 0 Å². The largest absolute Gasteiger partial charge is 0.478 e. The summed E-state index contributed by atoms with van der Waals surface area (Å²) >= 11 is 0. The minimum Gasteiger partial charge on any atom is -0.478 e. The molecule has 7 nitrogen and oxygen atoms in total.